The van der Waals surface area contributed by atoms with Crippen LogP contribution in [-0.2, 0) is 0 Å². The minimum absolute atomic E-state index is 0.667. The van der Waals surface area contributed by atoms with E-state index in [4.69, 9.17) is 0 Å². The zero-order valence-electron chi connectivity index (χ0n) is 30.8. The van der Waals surface area contributed by atoms with E-state index in [1.165, 1.54) is 78.6 Å². The SMILES string of the molecule is CN1CN(c2cccc(N3CN(c4c(-c5ccccc5)cccc4-c4cc(-c5ccccc5)cc(-c5ccccc5)c4)c4ccccc43)c2)c2ccccc21. The Bertz CT molecular complexity index is 2580. The minimum atomic E-state index is 0.667. The van der Waals surface area contributed by atoms with Crippen molar-refractivity contribution in [2.24, 2.45) is 0 Å². The van der Waals surface area contributed by atoms with Crippen LogP contribution in [0.5, 0.6) is 0 Å². The summed E-state index contributed by atoms with van der Waals surface area (Å²) in [5, 5.41) is 0. The van der Waals surface area contributed by atoms with E-state index in [1.54, 1.807) is 0 Å². The topological polar surface area (TPSA) is 13.0 Å². The Morgan fingerprint density at radius 2 is 0.727 bits per heavy atom. The third kappa shape index (κ3) is 5.89. The number of hydrogen-bond acceptors (Lipinski definition) is 4. The molecule has 0 N–H and O–H groups in total. The zero-order chi connectivity index (χ0) is 36.7. The molecule has 0 spiro atoms. The van der Waals surface area contributed by atoms with E-state index in [0.29, 0.717) is 6.67 Å². The third-order valence-electron chi connectivity index (χ3n) is 11.0. The van der Waals surface area contributed by atoms with Gasteiger partial charge in [-0.2, -0.15) is 0 Å². The lowest BCUT2D eigenvalue weighted by Gasteiger charge is -2.28. The quantitative estimate of drug-likeness (QED) is 0.163. The van der Waals surface area contributed by atoms with Gasteiger partial charge < -0.3 is 19.6 Å². The molecule has 0 aromatic heterocycles. The molecule has 4 nitrogen and oxygen atoms in total. The Labute approximate surface area is 323 Å². The van der Waals surface area contributed by atoms with Gasteiger partial charge in [-0.1, -0.05) is 140 Å². The molecule has 10 rings (SSSR count). The molecule has 2 aliphatic heterocycles. The third-order valence-corrected chi connectivity index (χ3v) is 11.0. The van der Waals surface area contributed by atoms with Crippen molar-refractivity contribution in [3.05, 3.63) is 200 Å². The minimum Gasteiger partial charge on any atom is -0.355 e. The Hall–Kier alpha value is -7.04. The molecular weight excluding hydrogens is 669 g/mol. The molecule has 0 atom stereocenters. The van der Waals surface area contributed by atoms with E-state index in [2.05, 4.69) is 227 Å². The second kappa shape index (κ2) is 13.7. The molecule has 0 radical (unpaired) electrons. The van der Waals surface area contributed by atoms with Crippen molar-refractivity contribution in [1.29, 1.82) is 0 Å². The average molecular weight is 709 g/mol. The summed E-state index contributed by atoms with van der Waals surface area (Å²) in [6, 6.07) is 72.7. The van der Waals surface area contributed by atoms with Crippen LogP contribution >= 0.6 is 0 Å². The Morgan fingerprint density at radius 1 is 0.309 bits per heavy atom. The van der Waals surface area contributed by atoms with E-state index >= 15 is 0 Å². The van der Waals surface area contributed by atoms with Gasteiger partial charge >= 0.3 is 0 Å². The van der Waals surface area contributed by atoms with Gasteiger partial charge in [-0.05, 0) is 94.0 Å². The molecule has 8 aromatic rings. The Balaban J connectivity index is 1.14. The number of fused-ring (bicyclic) bond motifs is 2. The number of para-hydroxylation sites is 5. The highest BCUT2D eigenvalue weighted by Gasteiger charge is 2.32. The summed E-state index contributed by atoms with van der Waals surface area (Å²) < 4.78 is 0. The first-order chi connectivity index (χ1) is 27.2. The van der Waals surface area contributed by atoms with Crippen LogP contribution in [0.25, 0.3) is 44.5 Å². The van der Waals surface area contributed by atoms with Crippen molar-refractivity contribution in [2.45, 2.75) is 0 Å². The molecule has 8 aromatic carbocycles. The van der Waals surface area contributed by atoms with Crippen LogP contribution in [0.15, 0.2) is 200 Å². The van der Waals surface area contributed by atoms with Crippen LogP contribution in [0.2, 0.25) is 0 Å². The first-order valence-corrected chi connectivity index (χ1v) is 19.0. The molecule has 0 saturated carbocycles. The number of anilines is 7. The molecule has 4 heteroatoms. The highest BCUT2D eigenvalue weighted by molar-refractivity contribution is 6.00. The van der Waals surface area contributed by atoms with Crippen LogP contribution < -0.4 is 19.6 Å². The summed E-state index contributed by atoms with van der Waals surface area (Å²) in [7, 11) is 2.16. The van der Waals surface area contributed by atoms with E-state index in [1.807, 2.05) is 0 Å². The lowest BCUT2D eigenvalue weighted by atomic mass is 9.90. The van der Waals surface area contributed by atoms with Crippen molar-refractivity contribution >= 4 is 39.8 Å². The van der Waals surface area contributed by atoms with Crippen molar-refractivity contribution in [2.75, 3.05) is 40.0 Å². The van der Waals surface area contributed by atoms with Gasteiger partial charge in [0.1, 0.15) is 6.67 Å². The molecule has 0 saturated heterocycles. The molecule has 0 bridgehead atoms. The van der Waals surface area contributed by atoms with E-state index in [9.17, 15) is 0 Å². The Kier molecular flexibility index (Phi) is 8.15. The second-order valence-electron chi connectivity index (χ2n) is 14.4. The smallest absolute Gasteiger partial charge is 0.100 e. The fourth-order valence-corrected chi connectivity index (χ4v) is 8.35. The van der Waals surface area contributed by atoms with Gasteiger partial charge in [0.15, 0.2) is 0 Å². The van der Waals surface area contributed by atoms with Gasteiger partial charge in [-0.3, -0.25) is 0 Å². The molecule has 264 valence electrons. The molecule has 0 aliphatic carbocycles. The molecule has 0 amide bonds. The number of rotatable bonds is 7. The predicted octanol–water partition coefficient (Wildman–Crippen LogP) is 13.1. The van der Waals surface area contributed by atoms with Crippen LogP contribution in [0.1, 0.15) is 0 Å². The van der Waals surface area contributed by atoms with Gasteiger partial charge in [0, 0.05) is 29.5 Å². The van der Waals surface area contributed by atoms with Gasteiger partial charge in [0.05, 0.1) is 35.1 Å². The van der Waals surface area contributed by atoms with Crippen LogP contribution in [0.3, 0.4) is 0 Å². The number of hydrogen-bond donors (Lipinski definition) is 0. The fourth-order valence-electron chi connectivity index (χ4n) is 8.35. The standard InChI is InChI=1S/C51H40N4/c1-52-35-53(48-28-12-11-27-47(48)52)43-23-15-24-44(34-43)54-36-55(50-30-14-13-29-49(50)54)51-45(39-21-9-4-10-22-39)25-16-26-46(51)42-32-40(37-17-5-2-6-18-37)31-41(33-42)38-19-7-3-8-20-38/h2-34H,35-36H2,1H3. The van der Waals surface area contributed by atoms with Crippen molar-refractivity contribution in [3.63, 3.8) is 0 Å². The van der Waals surface area contributed by atoms with Crippen LogP contribution in [-0.4, -0.2) is 20.4 Å². The summed E-state index contributed by atoms with van der Waals surface area (Å²) in [6.45, 7) is 1.48. The molecule has 0 unspecified atom stereocenters. The fraction of sp³-hybridized carbons (Fsp3) is 0.0588. The van der Waals surface area contributed by atoms with E-state index in [0.717, 1.165) is 12.4 Å². The average Bonchev–Trinajstić information content (AvgIpc) is 3.82. The molecular formula is C51H40N4. The largest absolute Gasteiger partial charge is 0.355 e. The monoisotopic (exact) mass is 708 g/mol. The van der Waals surface area contributed by atoms with Crippen LogP contribution in [0.4, 0.5) is 39.8 Å². The summed E-state index contributed by atoms with van der Waals surface area (Å²) in [4.78, 5) is 9.71. The first-order valence-electron chi connectivity index (χ1n) is 19.0. The van der Waals surface area contributed by atoms with Gasteiger partial charge in [0.2, 0.25) is 0 Å². The molecule has 0 fully saturated rings. The molecule has 2 heterocycles. The maximum atomic E-state index is 2.52. The maximum Gasteiger partial charge on any atom is 0.100 e. The summed E-state index contributed by atoms with van der Waals surface area (Å²) in [6.07, 6.45) is 0. The van der Waals surface area contributed by atoms with Gasteiger partial charge in [0.25, 0.3) is 0 Å². The first kappa shape index (κ1) is 32.6. The highest BCUT2D eigenvalue weighted by Crippen LogP contribution is 2.51. The predicted molar refractivity (Wildman–Crippen MR) is 232 cm³/mol. The molecule has 2 aliphatic rings. The number of benzene rings is 8. The lowest BCUT2D eigenvalue weighted by molar-refractivity contribution is 0.947. The summed E-state index contributed by atoms with van der Waals surface area (Å²) in [5.74, 6) is 0. The van der Waals surface area contributed by atoms with Crippen molar-refractivity contribution in [3.8, 4) is 44.5 Å². The van der Waals surface area contributed by atoms with Crippen molar-refractivity contribution < 1.29 is 0 Å². The highest BCUT2D eigenvalue weighted by atomic mass is 15.4. The molecule has 55 heavy (non-hydrogen) atoms. The summed E-state index contributed by atoms with van der Waals surface area (Å²) in [5.41, 5.74) is 18.0. The normalized spacial score (nSPS) is 13.3. The zero-order valence-corrected chi connectivity index (χ0v) is 30.8. The second-order valence-corrected chi connectivity index (χ2v) is 14.4. The number of nitrogens with zero attached hydrogens (tertiary/aromatic N) is 4. The lowest BCUT2D eigenvalue weighted by Crippen LogP contribution is -2.26. The summed E-state index contributed by atoms with van der Waals surface area (Å²) >= 11 is 0. The van der Waals surface area contributed by atoms with Crippen LogP contribution in [0, 0.1) is 0 Å². The Morgan fingerprint density at radius 3 is 1.31 bits per heavy atom. The van der Waals surface area contributed by atoms with Crippen molar-refractivity contribution in [1.82, 2.24) is 0 Å². The van der Waals surface area contributed by atoms with Gasteiger partial charge in [-0.15, -0.1) is 0 Å². The van der Waals surface area contributed by atoms with Gasteiger partial charge in [-0.25, -0.2) is 0 Å². The van der Waals surface area contributed by atoms with E-state index < -0.39 is 0 Å². The maximum absolute atomic E-state index is 2.52. The van der Waals surface area contributed by atoms with E-state index in [-0.39, 0.29) is 0 Å².